The van der Waals surface area contributed by atoms with Gasteiger partial charge in [0.15, 0.2) is 0 Å². The minimum atomic E-state index is -3.77. The van der Waals surface area contributed by atoms with Crippen molar-refractivity contribution in [2.75, 3.05) is 4.72 Å². The zero-order valence-corrected chi connectivity index (χ0v) is 11.4. The Hall–Kier alpha value is -2.00. The van der Waals surface area contributed by atoms with Crippen molar-refractivity contribution in [3.05, 3.63) is 46.1 Å². The van der Waals surface area contributed by atoms with Crippen LogP contribution in [0, 0.1) is 17.0 Å². The largest absolute Gasteiger partial charge is 0.345 e. The zero-order valence-electron chi connectivity index (χ0n) is 9.73. The molecule has 2 aromatic rings. The topological polar surface area (TPSA) is 102 Å². The number of rotatable bonds is 4. The molecule has 9 heteroatoms. The van der Waals surface area contributed by atoms with Gasteiger partial charge < -0.3 is 0 Å². The quantitative estimate of drug-likeness (QED) is 0.688. The maximum Gasteiger partial charge on any atom is 0.345 e. The predicted molar refractivity (Wildman–Crippen MR) is 70.8 cm³/mol. The smallest absolute Gasteiger partial charge is 0.257 e. The molecule has 0 fully saturated rings. The first-order chi connectivity index (χ1) is 8.88. The van der Waals surface area contributed by atoms with Crippen LogP contribution in [-0.2, 0) is 10.0 Å². The van der Waals surface area contributed by atoms with Gasteiger partial charge in [0.2, 0.25) is 5.13 Å². The van der Waals surface area contributed by atoms with Gasteiger partial charge in [-0.25, -0.2) is 13.4 Å². The molecule has 0 amide bonds. The molecular weight excluding hydrogens is 290 g/mol. The average molecular weight is 299 g/mol. The van der Waals surface area contributed by atoms with Crippen LogP contribution in [-0.4, -0.2) is 18.3 Å². The third-order valence-electron chi connectivity index (χ3n) is 2.23. The fourth-order valence-corrected chi connectivity index (χ4v) is 3.16. The molecule has 100 valence electrons. The summed E-state index contributed by atoms with van der Waals surface area (Å²) < 4.78 is 26.2. The normalized spacial score (nSPS) is 11.2. The Morgan fingerprint density at radius 3 is 2.47 bits per heavy atom. The van der Waals surface area contributed by atoms with E-state index < -0.39 is 14.9 Å². The van der Waals surface area contributed by atoms with Gasteiger partial charge in [-0.1, -0.05) is 17.7 Å². The second-order valence-electron chi connectivity index (χ2n) is 3.68. The number of benzene rings is 1. The highest BCUT2D eigenvalue weighted by atomic mass is 32.2. The van der Waals surface area contributed by atoms with E-state index >= 15 is 0 Å². The van der Waals surface area contributed by atoms with Gasteiger partial charge in [0.05, 0.1) is 9.82 Å². The van der Waals surface area contributed by atoms with Crippen LogP contribution < -0.4 is 4.72 Å². The summed E-state index contributed by atoms with van der Waals surface area (Å²) in [6, 6.07) is 6.25. The lowest BCUT2D eigenvalue weighted by molar-refractivity contribution is -0.380. The molecule has 0 saturated heterocycles. The van der Waals surface area contributed by atoms with Gasteiger partial charge in [-0.15, -0.1) is 0 Å². The summed E-state index contributed by atoms with van der Waals surface area (Å²) in [5.74, 6) is 0. The van der Waals surface area contributed by atoms with Crippen molar-refractivity contribution in [2.45, 2.75) is 11.8 Å². The molecule has 7 nitrogen and oxygen atoms in total. The van der Waals surface area contributed by atoms with E-state index in [1.165, 1.54) is 12.1 Å². The number of thiazole rings is 1. The fourth-order valence-electron chi connectivity index (χ4n) is 1.29. The van der Waals surface area contributed by atoms with Crippen LogP contribution in [0.3, 0.4) is 0 Å². The number of anilines is 1. The Morgan fingerprint density at radius 2 is 1.95 bits per heavy atom. The van der Waals surface area contributed by atoms with Crippen LogP contribution in [0.15, 0.2) is 35.4 Å². The molecule has 0 aliphatic rings. The van der Waals surface area contributed by atoms with Crippen LogP contribution in [0.25, 0.3) is 0 Å². The predicted octanol–water partition coefficient (Wildman–Crippen LogP) is 2.16. The molecule has 0 saturated carbocycles. The number of sulfonamides is 1. The Bertz CT molecular complexity index is 707. The molecule has 0 spiro atoms. The van der Waals surface area contributed by atoms with Crippen molar-refractivity contribution in [1.82, 2.24) is 4.98 Å². The summed E-state index contributed by atoms with van der Waals surface area (Å²) in [6.07, 6.45) is 1.01. The second kappa shape index (κ2) is 4.94. The number of nitro groups is 1. The van der Waals surface area contributed by atoms with Gasteiger partial charge >= 0.3 is 5.00 Å². The van der Waals surface area contributed by atoms with Gasteiger partial charge in [0, 0.05) is 0 Å². The van der Waals surface area contributed by atoms with Crippen molar-refractivity contribution in [2.24, 2.45) is 0 Å². The van der Waals surface area contributed by atoms with E-state index in [0.717, 1.165) is 11.8 Å². The van der Waals surface area contributed by atoms with Crippen molar-refractivity contribution in [3.63, 3.8) is 0 Å². The SMILES string of the molecule is Cc1ccc(S(=O)(=O)Nc2ncc([N+](=O)[O-])s2)cc1. The lowest BCUT2D eigenvalue weighted by Gasteiger charge is -2.04. The van der Waals surface area contributed by atoms with E-state index in [2.05, 4.69) is 9.71 Å². The number of aryl methyl sites for hydroxylation is 1. The van der Waals surface area contributed by atoms with Crippen molar-refractivity contribution < 1.29 is 13.3 Å². The maximum atomic E-state index is 12.0. The molecule has 1 heterocycles. The van der Waals surface area contributed by atoms with Gasteiger partial charge in [0.1, 0.15) is 6.20 Å². The molecule has 0 radical (unpaired) electrons. The first-order valence-electron chi connectivity index (χ1n) is 5.08. The summed E-state index contributed by atoms with van der Waals surface area (Å²) in [4.78, 5) is 13.6. The number of hydrogen-bond acceptors (Lipinski definition) is 6. The van der Waals surface area contributed by atoms with Gasteiger partial charge in [-0.2, -0.15) is 0 Å². The monoisotopic (exact) mass is 299 g/mol. The molecule has 2 rings (SSSR count). The summed E-state index contributed by atoms with van der Waals surface area (Å²) in [5.41, 5.74) is 0.934. The highest BCUT2D eigenvalue weighted by molar-refractivity contribution is 7.93. The molecule has 0 atom stereocenters. The molecule has 1 N–H and O–H groups in total. The molecule has 19 heavy (non-hydrogen) atoms. The fraction of sp³-hybridized carbons (Fsp3) is 0.100. The molecule has 0 bridgehead atoms. The maximum absolute atomic E-state index is 12.0. The number of nitrogens with one attached hydrogen (secondary N) is 1. The third kappa shape index (κ3) is 3.06. The average Bonchev–Trinajstić information content (AvgIpc) is 2.77. The summed E-state index contributed by atoms with van der Waals surface area (Å²) in [7, 11) is -3.77. The lowest BCUT2D eigenvalue weighted by Crippen LogP contribution is -2.12. The van der Waals surface area contributed by atoms with Crippen LogP contribution in [0.2, 0.25) is 0 Å². The molecule has 0 aliphatic heterocycles. The van der Waals surface area contributed by atoms with Gasteiger partial charge in [-0.05, 0) is 30.4 Å². The van der Waals surface area contributed by atoms with E-state index in [-0.39, 0.29) is 15.0 Å². The zero-order chi connectivity index (χ0) is 14.0. The molecular formula is C10H9N3O4S2. The first-order valence-corrected chi connectivity index (χ1v) is 7.38. The third-order valence-corrected chi connectivity index (χ3v) is 4.57. The van der Waals surface area contributed by atoms with Crippen LogP contribution in [0.1, 0.15) is 5.56 Å². The lowest BCUT2D eigenvalue weighted by atomic mass is 10.2. The van der Waals surface area contributed by atoms with E-state index in [4.69, 9.17) is 0 Å². The Labute approximate surface area is 113 Å². The Balaban J connectivity index is 2.25. The van der Waals surface area contributed by atoms with Crippen LogP contribution >= 0.6 is 11.3 Å². The highest BCUT2D eigenvalue weighted by Crippen LogP contribution is 2.27. The summed E-state index contributed by atoms with van der Waals surface area (Å²) in [5, 5.41) is 10.2. The summed E-state index contributed by atoms with van der Waals surface area (Å²) in [6.45, 7) is 1.84. The highest BCUT2D eigenvalue weighted by Gasteiger charge is 2.18. The van der Waals surface area contributed by atoms with Crippen LogP contribution in [0.4, 0.5) is 10.1 Å². The second-order valence-corrected chi connectivity index (χ2v) is 6.37. The minimum absolute atomic E-state index is 0.0349. The standard InChI is InChI=1S/C10H9N3O4S2/c1-7-2-4-8(5-3-7)19(16,17)12-10-11-6-9(18-10)13(14)15/h2-6H,1H3,(H,11,12). The Morgan fingerprint density at radius 1 is 1.32 bits per heavy atom. The molecule has 1 aromatic carbocycles. The summed E-state index contributed by atoms with van der Waals surface area (Å²) >= 11 is 0.665. The Kier molecular flexibility index (Phi) is 3.49. The molecule has 0 unspecified atom stereocenters. The number of hydrogen-bond donors (Lipinski definition) is 1. The van der Waals surface area contributed by atoms with Crippen molar-refractivity contribution in [1.29, 1.82) is 0 Å². The van der Waals surface area contributed by atoms with E-state index in [1.54, 1.807) is 12.1 Å². The van der Waals surface area contributed by atoms with Crippen molar-refractivity contribution in [3.8, 4) is 0 Å². The first kappa shape index (κ1) is 13.4. The van der Waals surface area contributed by atoms with Gasteiger partial charge in [0.25, 0.3) is 10.0 Å². The number of nitrogens with zero attached hydrogens (tertiary/aromatic N) is 2. The van der Waals surface area contributed by atoms with Crippen molar-refractivity contribution >= 4 is 31.5 Å². The van der Waals surface area contributed by atoms with Gasteiger partial charge in [-0.3, -0.25) is 14.8 Å². The number of aromatic nitrogens is 1. The molecule has 1 aromatic heterocycles. The minimum Gasteiger partial charge on any atom is -0.257 e. The van der Waals surface area contributed by atoms with Crippen LogP contribution in [0.5, 0.6) is 0 Å². The molecule has 0 aliphatic carbocycles. The van der Waals surface area contributed by atoms with E-state index in [1.807, 2.05) is 6.92 Å². The van der Waals surface area contributed by atoms with E-state index in [0.29, 0.717) is 11.3 Å². The van der Waals surface area contributed by atoms with E-state index in [9.17, 15) is 18.5 Å².